The highest BCUT2D eigenvalue weighted by molar-refractivity contribution is 5.51. The van der Waals surface area contributed by atoms with E-state index in [2.05, 4.69) is 0 Å². The Balaban J connectivity index is 3.10. The number of rotatable bonds is 5. The van der Waals surface area contributed by atoms with Crippen molar-refractivity contribution in [2.45, 2.75) is 26.2 Å². The first-order valence-corrected chi connectivity index (χ1v) is 5.01. The van der Waals surface area contributed by atoms with Crippen LogP contribution in [0, 0.1) is 5.82 Å². The molecular formula is C12H15FO2. The van der Waals surface area contributed by atoms with Crippen LogP contribution in [0.1, 0.15) is 24.5 Å². The number of methoxy groups -OCH3 is 1. The summed E-state index contributed by atoms with van der Waals surface area (Å²) in [7, 11) is 1.53. The van der Waals surface area contributed by atoms with Gasteiger partial charge in [0.2, 0.25) is 0 Å². The molecule has 0 saturated heterocycles. The lowest BCUT2D eigenvalue weighted by atomic mass is 10.00. The van der Waals surface area contributed by atoms with E-state index in [0.29, 0.717) is 18.6 Å². The van der Waals surface area contributed by atoms with Crippen LogP contribution in [0.25, 0.3) is 0 Å². The van der Waals surface area contributed by atoms with Crippen LogP contribution in [-0.4, -0.2) is 13.4 Å². The Bertz CT molecular complexity index is 348. The van der Waals surface area contributed by atoms with Gasteiger partial charge in [0, 0.05) is 12.5 Å². The summed E-state index contributed by atoms with van der Waals surface area (Å²) in [5, 5.41) is 0. The fraction of sp³-hybridized carbons (Fsp3) is 0.417. The molecule has 0 fully saturated rings. The Morgan fingerprint density at radius 3 is 2.73 bits per heavy atom. The van der Waals surface area contributed by atoms with Crippen molar-refractivity contribution in [3.63, 3.8) is 0 Å². The summed E-state index contributed by atoms with van der Waals surface area (Å²) in [5.74, 6) is 0.253. The van der Waals surface area contributed by atoms with Crippen molar-refractivity contribution in [1.29, 1.82) is 0 Å². The predicted octanol–water partition coefficient (Wildman–Crippen LogP) is 2.53. The van der Waals surface area contributed by atoms with Gasteiger partial charge in [0.25, 0.3) is 0 Å². The lowest BCUT2D eigenvalue weighted by Crippen LogP contribution is -1.99. The highest BCUT2D eigenvalue weighted by Gasteiger charge is 2.09. The zero-order valence-corrected chi connectivity index (χ0v) is 9.05. The van der Waals surface area contributed by atoms with Crippen LogP contribution >= 0.6 is 0 Å². The molecule has 0 aromatic heterocycles. The quantitative estimate of drug-likeness (QED) is 0.698. The van der Waals surface area contributed by atoms with E-state index in [9.17, 15) is 9.18 Å². The van der Waals surface area contributed by atoms with Gasteiger partial charge >= 0.3 is 0 Å². The molecule has 0 atom stereocenters. The standard InChI is InChI=1S/C12H15FO2/c1-3-11-9(5-4-6-14)7-10(13)8-12(11)15-2/h6-8H,3-5H2,1-2H3. The number of halogens is 1. The Morgan fingerprint density at radius 2 is 2.20 bits per heavy atom. The van der Waals surface area contributed by atoms with Crippen molar-refractivity contribution in [3.8, 4) is 5.75 Å². The molecule has 0 unspecified atom stereocenters. The highest BCUT2D eigenvalue weighted by Crippen LogP contribution is 2.25. The van der Waals surface area contributed by atoms with Gasteiger partial charge in [-0.3, -0.25) is 0 Å². The van der Waals surface area contributed by atoms with Gasteiger partial charge in [-0.1, -0.05) is 6.92 Å². The van der Waals surface area contributed by atoms with E-state index in [1.807, 2.05) is 6.92 Å². The second-order valence-corrected chi connectivity index (χ2v) is 3.30. The topological polar surface area (TPSA) is 26.3 Å². The number of aryl methyl sites for hydroxylation is 1. The summed E-state index contributed by atoms with van der Waals surface area (Å²) >= 11 is 0. The van der Waals surface area contributed by atoms with Crippen molar-refractivity contribution in [1.82, 2.24) is 0 Å². The number of hydrogen-bond acceptors (Lipinski definition) is 2. The summed E-state index contributed by atoms with van der Waals surface area (Å²) in [6.45, 7) is 1.99. The maximum atomic E-state index is 13.2. The highest BCUT2D eigenvalue weighted by atomic mass is 19.1. The van der Waals surface area contributed by atoms with Gasteiger partial charge in [-0.05, 0) is 30.0 Å². The molecule has 0 N–H and O–H groups in total. The van der Waals surface area contributed by atoms with Crippen molar-refractivity contribution >= 4 is 6.29 Å². The molecule has 0 saturated carbocycles. The molecule has 1 aromatic rings. The van der Waals surface area contributed by atoms with Crippen molar-refractivity contribution in [3.05, 3.63) is 29.1 Å². The van der Waals surface area contributed by atoms with E-state index in [4.69, 9.17) is 4.74 Å². The van der Waals surface area contributed by atoms with Gasteiger partial charge in [-0.25, -0.2) is 4.39 Å². The maximum absolute atomic E-state index is 13.2. The summed E-state index contributed by atoms with van der Waals surface area (Å²) in [5.41, 5.74) is 1.85. The van der Waals surface area contributed by atoms with E-state index >= 15 is 0 Å². The number of hydrogen-bond donors (Lipinski definition) is 0. The van der Waals surface area contributed by atoms with Crippen LogP contribution < -0.4 is 4.74 Å². The molecule has 3 heteroatoms. The van der Waals surface area contributed by atoms with Crippen molar-refractivity contribution in [2.75, 3.05) is 7.11 Å². The van der Waals surface area contributed by atoms with Gasteiger partial charge in [0.05, 0.1) is 7.11 Å². The molecule has 0 spiro atoms. The van der Waals surface area contributed by atoms with Gasteiger partial charge in [0.15, 0.2) is 0 Å². The second kappa shape index (κ2) is 5.49. The Morgan fingerprint density at radius 1 is 1.47 bits per heavy atom. The largest absolute Gasteiger partial charge is 0.496 e. The van der Waals surface area contributed by atoms with Crippen LogP contribution in [0.15, 0.2) is 12.1 Å². The number of ether oxygens (including phenoxy) is 1. The fourth-order valence-corrected chi connectivity index (χ4v) is 1.69. The minimum absolute atomic E-state index is 0.315. The zero-order valence-electron chi connectivity index (χ0n) is 9.05. The fourth-order valence-electron chi connectivity index (χ4n) is 1.69. The van der Waals surface area contributed by atoms with Crippen LogP contribution in [0.3, 0.4) is 0 Å². The maximum Gasteiger partial charge on any atom is 0.127 e. The van der Waals surface area contributed by atoms with E-state index in [0.717, 1.165) is 23.8 Å². The predicted molar refractivity (Wildman–Crippen MR) is 56.7 cm³/mol. The summed E-state index contributed by atoms with van der Waals surface area (Å²) in [6, 6.07) is 2.86. The Kier molecular flexibility index (Phi) is 4.28. The van der Waals surface area contributed by atoms with Gasteiger partial charge in [0.1, 0.15) is 17.9 Å². The molecule has 0 bridgehead atoms. The molecule has 1 rings (SSSR count). The number of carbonyl (C=O) groups excluding carboxylic acids is 1. The first-order valence-electron chi connectivity index (χ1n) is 5.01. The first-order chi connectivity index (χ1) is 7.22. The van der Waals surface area contributed by atoms with E-state index in [1.54, 1.807) is 0 Å². The van der Waals surface area contributed by atoms with Crippen LogP contribution in [0.2, 0.25) is 0 Å². The molecule has 0 radical (unpaired) electrons. The lowest BCUT2D eigenvalue weighted by molar-refractivity contribution is -0.107. The third-order valence-electron chi connectivity index (χ3n) is 2.37. The molecule has 0 aliphatic rings. The lowest BCUT2D eigenvalue weighted by Gasteiger charge is -2.12. The molecule has 15 heavy (non-hydrogen) atoms. The molecule has 0 heterocycles. The average molecular weight is 210 g/mol. The van der Waals surface area contributed by atoms with Gasteiger partial charge in [-0.15, -0.1) is 0 Å². The van der Waals surface area contributed by atoms with E-state index < -0.39 is 0 Å². The summed E-state index contributed by atoms with van der Waals surface area (Å²) < 4.78 is 18.3. The molecule has 82 valence electrons. The first kappa shape index (κ1) is 11.7. The Labute approximate surface area is 89.1 Å². The number of benzene rings is 1. The van der Waals surface area contributed by atoms with Crippen molar-refractivity contribution in [2.24, 2.45) is 0 Å². The molecule has 0 aliphatic carbocycles. The van der Waals surface area contributed by atoms with E-state index in [1.165, 1.54) is 19.2 Å². The van der Waals surface area contributed by atoms with Crippen molar-refractivity contribution < 1.29 is 13.9 Å². The molecule has 0 aliphatic heterocycles. The van der Waals surface area contributed by atoms with Gasteiger partial charge in [-0.2, -0.15) is 0 Å². The SMILES string of the molecule is CCc1c(CCC=O)cc(F)cc1OC. The minimum atomic E-state index is -0.315. The Hall–Kier alpha value is -1.38. The number of aldehydes is 1. The van der Waals surface area contributed by atoms with E-state index in [-0.39, 0.29) is 5.82 Å². The number of carbonyl (C=O) groups is 1. The molecular weight excluding hydrogens is 195 g/mol. The minimum Gasteiger partial charge on any atom is -0.496 e. The zero-order chi connectivity index (χ0) is 11.3. The molecule has 0 amide bonds. The summed E-state index contributed by atoms with van der Waals surface area (Å²) in [6.07, 6.45) is 2.61. The average Bonchev–Trinajstić information content (AvgIpc) is 2.25. The normalized spacial score (nSPS) is 10.1. The summed E-state index contributed by atoms with van der Waals surface area (Å²) in [4.78, 5) is 10.3. The van der Waals surface area contributed by atoms with Gasteiger partial charge < -0.3 is 9.53 Å². The second-order valence-electron chi connectivity index (χ2n) is 3.30. The van der Waals surface area contributed by atoms with Crippen LogP contribution in [-0.2, 0) is 17.6 Å². The third kappa shape index (κ3) is 2.78. The smallest absolute Gasteiger partial charge is 0.127 e. The van der Waals surface area contributed by atoms with Crippen LogP contribution in [0.4, 0.5) is 4.39 Å². The molecule has 2 nitrogen and oxygen atoms in total. The third-order valence-corrected chi connectivity index (χ3v) is 2.37. The molecule has 1 aromatic carbocycles. The monoisotopic (exact) mass is 210 g/mol. The van der Waals surface area contributed by atoms with Crippen LogP contribution in [0.5, 0.6) is 5.75 Å².